The van der Waals surface area contributed by atoms with E-state index in [-0.39, 0.29) is 24.8 Å². The first-order chi connectivity index (χ1) is 15.5. The molecular formula is C25H23N3O4. The molecule has 0 spiro atoms. The molecule has 1 aliphatic rings. The minimum absolute atomic E-state index is 0.0593. The summed E-state index contributed by atoms with van der Waals surface area (Å²) in [6, 6.07) is 21.5. The van der Waals surface area contributed by atoms with Crippen LogP contribution in [0.1, 0.15) is 21.5 Å². The Balaban J connectivity index is 1.30. The standard InChI is InChI=1S/C25H23N3O4/c26-23(29)15-17-5-11-21(12-6-17)32-16-24(30)27-20-9-7-19(8-10-20)25(31)28-14-13-18-3-1-2-4-22(18)28/h1-12H,13-16H2,(H2,26,29)(H,27,30). The van der Waals surface area contributed by atoms with Gasteiger partial charge in [0.05, 0.1) is 6.42 Å². The summed E-state index contributed by atoms with van der Waals surface area (Å²) in [4.78, 5) is 37.8. The number of fused-ring (bicyclic) bond motifs is 1. The molecule has 1 aliphatic heterocycles. The summed E-state index contributed by atoms with van der Waals surface area (Å²) in [7, 11) is 0. The number of carbonyl (C=O) groups excluding carboxylic acids is 3. The van der Waals surface area contributed by atoms with E-state index in [0.29, 0.717) is 23.5 Å². The molecule has 0 unspecified atom stereocenters. The van der Waals surface area contributed by atoms with E-state index in [0.717, 1.165) is 17.7 Å². The van der Waals surface area contributed by atoms with E-state index in [1.54, 1.807) is 53.4 Å². The van der Waals surface area contributed by atoms with Crippen molar-refractivity contribution in [3.8, 4) is 5.75 Å². The Kier molecular flexibility index (Phi) is 6.17. The average molecular weight is 429 g/mol. The van der Waals surface area contributed by atoms with Gasteiger partial charge in [-0.2, -0.15) is 0 Å². The number of hydrogen-bond donors (Lipinski definition) is 2. The van der Waals surface area contributed by atoms with Crippen molar-refractivity contribution in [2.24, 2.45) is 5.73 Å². The number of rotatable bonds is 7. The minimum Gasteiger partial charge on any atom is -0.484 e. The van der Waals surface area contributed by atoms with Gasteiger partial charge in [-0.1, -0.05) is 30.3 Å². The molecule has 3 amide bonds. The second-order valence-corrected chi connectivity index (χ2v) is 7.54. The number of ether oxygens (including phenoxy) is 1. The van der Waals surface area contributed by atoms with Gasteiger partial charge in [-0.3, -0.25) is 14.4 Å². The van der Waals surface area contributed by atoms with Crippen molar-refractivity contribution in [2.45, 2.75) is 12.8 Å². The van der Waals surface area contributed by atoms with Crippen LogP contribution in [0, 0.1) is 0 Å². The van der Waals surface area contributed by atoms with Crippen molar-refractivity contribution >= 4 is 29.1 Å². The van der Waals surface area contributed by atoms with E-state index in [1.165, 1.54) is 5.56 Å². The van der Waals surface area contributed by atoms with Crippen molar-refractivity contribution in [2.75, 3.05) is 23.4 Å². The highest BCUT2D eigenvalue weighted by atomic mass is 16.5. The molecule has 0 bridgehead atoms. The summed E-state index contributed by atoms with van der Waals surface area (Å²) < 4.78 is 5.47. The van der Waals surface area contributed by atoms with E-state index < -0.39 is 5.91 Å². The maximum atomic E-state index is 12.9. The monoisotopic (exact) mass is 429 g/mol. The number of nitrogens with two attached hydrogens (primary N) is 1. The van der Waals surface area contributed by atoms with Crippen LogP contribution in [0.25, 0.3) is 0 Å². The number of carbonyl (C=O) groups is 3. The predicted molar refractivity (Wildman–Crippen MR) is 122 cm³/mol. The van der Waals surface area contributed by atoms with Crippen LogP contribution in [0.4, 0.5) is 11.4 Å². The van der Waals surface area contributed by atoms with Gasteiger partial charge < -0.3 is 20.7 Å². The lowest BCUT2D eigenvalue weighted by Crippen LogP contribution is -2.28. The zero-order valence-electron chi connectivity index (χ0n) is 17.4. The number of benzene rings is 3. The molecule has 0 aliphatic carbocycles. The Morgan fingerprint density at radius 2 is 1.66 bits per heavy atom. The lowest BCUT2D eigenvalue weighted by atomic mass is 10.1. The molecule has 7 nitrogen and oxygen atoms in total. The Morgan fingerprint density at radius 3 is 2.38 bits per heavy atom. The summed E-state index contributed by atoms with van der Waals surface area (Å²) in [6.45, 7) is 0.498. The van der Waals surface area contributed by atoms with Gasteiger partial charge in [0, 0.05) is 23.5 Å². The highest BCUT2D eigenvalue weighted by Crippen LogP contribution is 2.29. The largest absolute Gasteiger partial charge is 0.484 e. The second kappa shape index (κ2) is 9.34. The topological polar surface area (TPSA) is 102 Å². The van der Waals surface area contributed by atoms with Crippen LogP contribution in [0.5, 0.6) is 5.75 Å². The maximum Gasteiger partial charge on any atom is 0.262 e. The normalized spacial score (nSPS) is 12.2. The lowest BCUT2D eigenvalue weighted by molar-refractivity contribution is -0.118. The molecule has 3 aromatic carbocycles. The first-order valence-electron chi connectivity index (χ1n) is 10.3. The van der Waals surface area contributed by atoms with Crippen molar-refractivity contribution in [1.29, 1.82) is 0 Å². The highest BCUT2D eigenvalue weighted by Gasteiger charge is 2.25. The Bertz CT molecular complexity index is 1140. The molecular weight excluding hydrogens is 406 g/mol. The Hall–Kier alpha value is -4.13. The first kappa shape index (κ1) is 21.1. The third-order valence-corrected chi connectivity index (χ3v) is 5.22. The molecule has 0 aromatic heterocycles. The van der Waals surface area contributed by atoms with E-state index in [2.05, 4.69) is 5.32 Å². The number of para-hydroxylation sites is 1. The van der Waals surface area contributed by atoms with Crippen LogP contribution < -0.4 is 20.7 Å². The molecule has 1 heterocycles. The SMILES string of the molecule is NC(=O)Cc1ccc(OCC(=O)Nc2ccc(C(=O)N3CCc4ccccc43)cc2)cc1. The smallest absolute Gasteiger partial charge is 0.262 e. The quantitative estimate of drug-likeness (QED) is 0.603. The van der Waals surface area contributed by atoms with E-state index in [4.69, 9.17) is 10.5 Å². The van der Waals surface area contributed by atoms with E-state index in [1.807, 2.05) is 24.3 Å². The number of amides is 3. The molecule has 0 saturated heterocycles. The summed E-state index contributed by atoms with van der Waals surface area (Å²) in [5.41, 5.74) is 9.21. The number of hydrogen-bond acceptors (Lipinski definition) is 4. The van der Waals surface area contributed by atoms with E-state index >= 15 is 0 Å². The van der Waals surface area contributed by atoms with Crippen LogP contribution in [0.2, 0.25) is 0 Å². The molecule has 0 saturated carbocycles. The second-order valence-electron chi connectivity index (χ2n) is 7.54. The number of nitrogens with zero attached hydrogens (tertiary/aromatic N) is 1. The van der Waals surface area contributed by atoms with Crippen LogP contribution >= 0.6 is 0 Å². The van der Waals surface area contributed by atoms with Crippen LogP contribution in [-0.4, -0.2) is 30.9 Å². The van der Waals surface area contributed by atoms with Crippen molar-refractivity contribution in [3.63, 3.8) is 0 Å². The van der Waals surface area contributed by atoms with Gasteiger partial charge in [0.25, 0.3) is 11.8 Å². The third-order valence-electron chi connectivity index (χ3n) is 5.22. The van der Waals surface area contributed by atoms with Crippen molar-refractivity contribution in [3.05, 3.63) is 89.5 Å². The molecule has 162 valence electrons. The molecule has 0 radical (unpaired) electrons. The van der Waals surface area contributed by atoms with Crippen LogP contribution in [0.3, 0.4) is 0 Å². The fourth-order valence-corrected chi connectivity index (χ4v) is 3.65. The average Bonchev–Trinajstić information content (AvgIpc) is 3.22. The maximum absolute atomic E-state index is 12.9. The molecule has 3 N–H and O–H groups in total. The summed E-state index contributed by atoms with van der Waals surface area (Å²) in [5, 5.41) is 2.75. The van der Waals surface area contributed by atoms with Gasteiger partial charge in [0.2, 0.25) is 5.91 Å². The molecule has 0 atom stereocenters. The first-order valence-corrected chi connectivity index (χ1v) is 10.3. The van der Waals surface area contributed by atoms with Crippen molar-refractivity contribution < 1.29 is 19.1 Å². The van der Waals surface area contributed by atoms with E-state index in [9.17, 15) is 14.4 Å². The van der Waals surface area contributed by atoms with Gasteiger partial charge in [-0.15, -0.1) is 0 Å². The number of anilines is 2. The van der Waals surface area contributed by atoms with Gasteiger partial charge >= 0.3 is 0 Å². The van der Waals surface area contributed by atoms with Gasteiger partial charge in [-0.05, 0) is 60.0 Å². The Morgan fingerprint density at radius 1 is 0.938 bits per heavy atom. The van der Waals surface area contributed by atoms with Crippen molar-refractivity contribution in [1.82, 2.24) is 0 Å². The Labute approximate surface area is 185 Å². The van der Waals surface area contributed by atoms with Crippen LogP contribution in [-0.2, 0) is 22.4 Å². The third kappa shape index (κ3) is 4.95. The minimum atomic E-state index is -0.406. The molecule has 7 heteroatoms. The zero-order valence-corrected chi connectivity index (χ0v) is 17.4. The fraction of sp³-hybridized carbons (Fsp3) is 0.160. The van der Waals surface area contributed by atoms with Gasteiger partial charge in [-0.25, -0.2) is 0 Å². The molecule has 4 rings (SSSR count). The van der Waals surface area contributed by atoms with Gasteiger partial charge in [0.15, 0.2) is 6.61 Å². The predicted octanol–water partition coefficient (Wildman–Crippen LogP) is 2.93. The fourth-order valence-electron chi connectivity index (χ4n) is 3.65. The van der Waals surface area contributed by atoms with Crippen LogP contribution in [0.15, 0.2) is 72.8 Å². The summed E-state index contributed by atoms with van der Waals surface area (Å²) in [5.74, 6) is -0.272. The lowest BCUT2D eigenvalue weighted by Gasteiger charge is -2.17. The molecule has 3 aromatic rings. The molecule has 0 fully saturated rings. The highest BCUT2D eigenvalue weighted by molar-refractivity contribution is 6.07. The zero-order chi connectivity index (χ0) is 22.5. The summed E-state index contributed by atoms with van der Waals surface area (Å²) >= 11 is 0. The van der Waals surface area contributed by atoms with Gasteiger partial charge in [0.1, 0.15) is 5.75 Å². The summed E-state index contributed by atoms with van der Waals surface area (Å²) in [6.07, 6.45) is 1.01. The number of primary amides is 1. The molecule has 32 heavy (non-hydrogen) atoms. The number of nitrogens with one attached hydrogen (secondary N) is 1.